The van der Waals surface area contributed by atoms with Gasteiger partial charge in [0, 0.05) is 25.7 Å². The molecule has 200 valence electrons. The van der Waals surface area contributed by atoms with Crippen LogP contribution in [0.2, 0.25) is 0 Å². The van der Waals surface area contributed by atoms with Gasteiger partial charge in [0.05, 0.1) is 36.1 Å². The largest absolute Gasteiger partial charge is 0.466 e. The fraction of sp³-hybridized carbons (Fsp3) is 0.500. The highest BCUT2D eigenvalue weighted by molar-refractivity contribution is 6.26. The number of benzene rings is 1. The van der Waals surface area contributed by atoms with Gasteiger partial charge in [-0.25, -0.2) is 10.1 Å². The van der Waals surface area contributed by atoms with Crippen LogP contribution in [-0.4, -0.2) is 31.6 Å². The lowest BCUT2D eigenvalue weighted by molar-refractivity contribution is -0.141. The van der Waals surface area contributed by atoms with Gasteiger partial charge in [0.15, 0.2) is 0 Å². The first-order chi connectivity index (χ1) is 18.4. The van der Waals surface area contributed by atoms with E-state index in [1.807, 2.05) is 30.3 Å². The lowest BCUT2D eigenvalue weighted by atomic mass is 9.97. The standard InChI is InChI=1S/C30H37N5O3/c1-5-7-12-23(6-2)21-35(17-10-8-9-11-18-38-22(3)36)25-15-13-24(14-16-25)28-26(19-31)29(34-30(28)37)27(20-32)33-4/h13-16,23H,5-12,17-18,21H2,1-3H3,(H,34,37). The Bertz CT molecular complexity index is 1150. The van der Waals surface area contributed by atoms with Gasteiger partial charge in [-0.05, 0) is 49.3 Å². The molecule has 1 aromatic carbocycles. The van der Waals surface area contributed by atoms with Gasteiger partial charge in [0.25, 0.3) is 11.6 Å². The third-order valence-corrected chi connectivity index (χ3v) is 6.70. The van der Waals surface area contributed by atoms with Crippen LogP contribution in [0.5, 0.6) is 0 Å². The maximum Gasteiger partial charge on any atom is 0.302 e. The van der Waals surface area contributed by atoms with Crippen LogP contribution >= 0.6 is 0 Å². The van der Waals surface area contributed by atoms with Gasteiger partial charge < -0.3 is 15.0 Å². The van der Waals surface area contributed by atoms with Gasteiger partial charge in [-0.3, -0.25) is 9.59 Å². The molecule has 8 nitrogen and oxygen atoms in total. The summed E-state index contributed by atoms with van der Waals surface area (Å²) in [4.78, 5) is 29.1. The molecule has 0 fully saturated rings. The van der Waals surface area contributed by atoms with Crippen molar-refractivity contribution in [2.45, 2.75) is 72.1 Å². The van der Waals surface area contributed by atoms with Crippen LogP contribution in [0.4, 0.5) is 5.69 Å². The van der Waals surface area contributed by atoms with Crippen molar-refractivity contribution in [1.29, 1.82) is 10.5 Å². The Balaban J connectivity index is 2.23. The van der Waals surface area contributed by atoms with Gasteiger partial charge in [-0.15, -0.1) is 0 Å². The molecule has 1 amide bonds. The Morgan fingerprint density at radius 1 is 1.13 bits per heavy atom. The van der Waals surface area contributed by atoms with Gasteiger partial charge in [0.2, 0.25) is 0 Å². The number of nitrogens with zero attached hydrogens (tertiary/aromatic N) is 4. The second-order valence-electron chi connectivity index (χ2n) is 9.43. The predicted octanol–water partition coefficient (Wildman–Crippen LogP) is 5.89. The van der Waals surface area contributed by atoms with E-state index in [1.54, 1.807) is 6.07 Å². The van der Waals surface area contributed by atoms with E-state index >= 15 is 0 Å². The van der Waals surface area contributed by atoms with E-state index in [0.717, 1.165) is 50.9 Å². The first-order valence-corrected chi connectivity index (χ1v) is 13.4. The molecule has 38 heavy (non-hydrogen) atoms. The maximum atomic E-state index is 12.7. The minimum Gasteiger partial charge on any atom is -0.466 e. The third-order valence-electron chi connectivity index (χ3n) is 6.70. The van der Waals surface area contributed by atoms with Gasteiger partial charge >= 0.3 is 5.97 Å². The molecular formula is C30H37N5O3. The molecule has 8 heteroatoms. The summed E-state index contributed by atoms with van der Waals surface area (Å²) in [5.41, 5.74) is 1.49. The number of unbranched alkanes of at least 4 members (excludes halogenated alkanes) is 4. The highest BCUT2D eigenvalue weighted by Crippen LogP contribution is 2.32. The summed E-state index contributed by atoms with van der Waals surface area (Å²) in [6, 6.07) is 11.3. The van der Waals surface area contributed by atoms with Crippen LogP contribution in [-0.2, 0) is 14.3 Å². The summed E-state index contributed by atoms with van der Waals surface area (Å²) >= 11 is 0. The van der Waals surface area contributed by atoms with Crippen molar-refractivity contribution >= 4 is 23.1 Å². The average Bonchev–Trinajstić information content (AvgIpc) is 3.25. The molecule has 0 bridgehead atoms. The number of ether oxygens (including phenoxy) is 1. The number of nitrogens with one attached hydrogen (secondary N) is 1. The normalized spacial score (nSPS) is 14.7. The fourth-order valence-electron chi connectivity index (χ4n) is 4.55. The zero-order valence-electron chi connectivity index (χ0n) is 22.7. The lowest BCUT2D eigenvalue weighted by Crippen LogP contribution is -2.30. The summed E-state index contributed by atoms with van der Waals surface area (Å²) in [5, 5.41) is 21.4. The number of esters is 1. The number of anilines is 1. The Labute approximate surface area is 226 Å². The third kappa shape index (κ3) is 8.49. The number of amides is 1. The lowest BCUT2D eigenvalue weighted by Gasteiger charge is -2.29. The Hall–Kier alpha value is -4.09. The number of hydrogen-bond donors (Lipinski definition) is 1. The number of nitriles is 2. The molecule has 0 radical (unpaired) electrons. The first kappa shape index (κ1) is 30.1. The highest BCUT2D eigenvalue weighted by Gasteiger charge is 2.31. The van der Waals surface area contributed by atoms with Gasteiger partial charge in [-0.2, -0.15) is 5.26 Å². The highest BCUT2D eigenvalue weighted by atomic mass is 16.5. The average molecular weight is 516 g/mol. The summed E-state index contributed by atoms with van der Waals surface area (Å²) in [5.74, 6) is -0.149. The van der Waals surface area contributed by atoms with E-state index in [2.05, 4.69) is 28.9 Å². The zero-order chi connectivity index (χ0) is 27.9. The van der Waals surface area contributed by atoms with E-state index in [1.165, 1.54) is 26.2 Å². The van der Waals surface area contributed by atoms with E-state index in [9.17, 15) is 20.1 Å². The van der Waals surface area contributed by atoms with Crippen LogP contribution in [0.3, 0.4) is 0 Å². The monoisotopic (exact) mass is 515 g/mol. The molecule has 1 aromatic rings. The van der Waals surface area contributed by atoms with Gasteiger partial charge in [0.1, 0.15) is 6.07 Å². The molecule has 0 aliphatic carbocycles. The molecule has 1 heterocycles. The SMILES string of the molecule is [C-]#[N+]C(C#N)=C1NC(=O)C(c2ccc(N(CCCCCCOC(C)=O)CC(CC)CCCC)cc2)=C1C#N. The summed E-state index contributed by atoms with van der Waals surface area (Å²) < 4.78 is 5.02. The van der Waals surface area contributed by atoms with Crippen molar-refractivity contribution < 1.29 is 14.3 Å². The van der Waals surface area contributed by atoms with Crippen molar-refractivity contribution in [3.63, 3.8) is 0 Å². The molecule has 1 N–H and O–H groups in total. The molecule has 1 atom stereocenters. The minimum absolute atomic E-state index is 0.0199. The van der Waals surface area contributed by atoms with E-state index in [0.29, 0.717) is 18.1 Å². The van der Waals surface area contributed by atoms with Crippen molar-refractivity contribution in [3.8, 4) is 12.1 Å². The molecule has 0 aromatic heterocycles. The van der Waals surface area contributed by atoms with Gasteiger partial charge in [-0.1, -0.05) is 51.7 Å². The van der Waals surface area contributed by atoms with Crippen molar-refractivity contribution in [3.05, 3.63) is 58.2 Å². The molecule has 0 saturated carbocycles. The summed E-state index contributed by atoms with van der Waals surface area (Å²) in [7, 11) is 0. The number of carbonyl (C=O) groups excluding carboxylic acids is 2. The fourth-order valence-corrected chi connectivity index (χ4v) is 4.55. The quantitative estimate of drug-likeness (QED) is 0.135. The second-order valence-corrected chi connectivity index (χ2v) is 9.43. The van der Waals surface area contributed by atoms with Crippen LogP contribution in [0, 0.1) is 35.2 Å². The summed E-state index contributed by atoms with van der Waals surface area (Å²) in [6.07, 6.45) is 8.57. The van der Waals surface area contributed by atoms with Crippen molar-refractivity contribution in [2.75, 3.05) is 24.6 Å². The second kappa shape index (κ2) is 15.9. The zero-order valence-corrected chi connectivity index (χ0v) is 22.7. The van der Waals surface area contributed by atoms with Crippen molar-refractivity contribution in [2.24, 2.45) is 5.92 Å². The Morgan fingerprint density at radius 2 is 1.84 bits per heavy atom. The minimum atomic E-state index is -0.489. The molecular weight excluding hydrogens is 478 g/mol. The molecule has 2 rings (SSSR count). The van der Waals surface area contributed by atoms with Crippen LogP contribution in [0.1, 0.15) is 77.7 Å². The Kier molecular flexibility index (Phi) is 12.6. The van der Waals surface area contributed by atoms with Crippen molar-refractivity contribution in [1.82, 2.24) is 5.32 Å². The molecule has 0 saturated heterocycles. The molecule has 1 aliphatic heterocycles. The van der Waals surface area contributed by atoms with Crippen LogP contribution in [0.25, 0.3) is 10.4 Å². The topological polar surface area (TPSA) is 111 Å². The molecule has 1 aliphatic rings. The number of rotatable bonds is 15. The Morgan fingerprint density at radius 3 is 2.42 bits per heavy atom. The van der Waals surface area contributed by atoms with E-state index in [-0.39, 0.29) is 28.5 Å². The number of hydrogen-bond acceptors (Lipinski definition) is 6. The maximum absolute atomic E-state index is 12.7. The van der Waals surface area contributed by atoms with E-state index in [4.69, 9.17) is 11.3 Å². The predicted molar refractivity (Wildman–Crippen MR) is 147 cm³/mol. The number of allylic oxidation sites excluding steroid dienone is 2. The smallest absolute Gasteiger partial charge is 0.302 e. The molecule has 0 spiro atoms. The first-order valence-electron chi connectivity index (χ1n) is 13.4. The molecule has 1 unspecified atom stereocenters. The summed E-state index contributed by atoms with van der Waals surface area (Å²) in [6.45, 7) is 15.3. The van der Waals surface area contributed by atoms with Crippen LogP contribution < -0.4 is 10.2 Å². The van der Waals surface area contributed by atoms with E-state index < -0.39 is 5.91 Å². The number of carbonyl (C=O) groups is 2. The van der Waals surface area contributed by atoms with Crippen LogP contribution in [0.15, 0.2) is 41.2 Å².